The van der Waals surface area contributed by atoms with Crippen molar-refractivity contribution in [3.8, 4) is 0 Å². The van der Waals surface area contributed by atoms with Gasteiger partial charge in [-0.25, -0.2) is 0 Å². The summed E-state index contributed by atoms with van der Waals surface area (Å²) in [6.45, 7) is 0.633. The van der Waals surface area contributed by atoms with Crippen LogP contribution < -0.4 is 0 Å². The Morgan fingerprint density at radius 3 is 3.00 bits per heavy atom. The van der Waals surface area contributed by atoms with Gasteiger partial charge in [-0.15, -0.1) is 0 Å². The topological polar surface area (TPSA) is 60.8 Å². The number of nitrogens with zero attached hydrogens (tertiary/aromatic N) is 1. The fraction of sp³-hybridized carbons (Fsp3) is 0.909. The summed E-state index contributed by atoms with van der Waals surface area (Å²) in [6, 6.07) is 0.304. The lowest BCUT2D eigenvalue weighted by Gasteiger charge is -2.45. The number of likely N-dealkylation sites (tertiary alicyclic amines) is 1. The molecule has 3 unspecified atom stereocenters. The Balaban J connectivity index is 2.04. The van der Waals surface area contributed by atoms with Gasteiger partial charge in [-0.1, -0.05) is 0 Å². The highest BCUT2D eigenvalue weighted by molar-refractivity contribution is 5.79. The largest absolute Gasteiger partial charge is 0.392 e. The molecule has 1 aliphatic heterocycles. The first-order valence-corrected chi connectivity index (χ1v) is 5.78. The fourth-order valence-corrected chi connectivity index (χ4v) is 2.98. The van der Waals surface area contributed by atoms with E-state index in [9.17, 15) is 9.90 Å². The van der Waals surface area contributed by atoms with Gasteiger partial charge >= 0.3 is 0 Å². The fourth-order valence-electron chi connectivity index (χ4n) is 2.98. The lowest BCUT2D eigenvalue weighted by Crippen LogP contribution is -2.53. The summed E-state index contributed by atoms with van der Waals surface area (Å²) in [5.74, 6) is 0.762. The smallest absolute Gasteiger partial charge is 0.133 e. The second kappa shape index (κ2) is 4.60. The summed E-state index contributed by atoms with van der Waals surface area (Å²) < 4.78 is 0. The SMILES string of the molecule is O=C1CCC2C(CCCN2C(O)CO)C1. The highest BCUT2D eigenvalue weighted by Crippen LogP contribution is 2.34. The lowest BCUT2D eigenvalue weighted by atomic mass is 9.77. The Bertz CT molecular complexity index is 244. The summed E-state index contributed by atoms with van der Waals surface area (Å²) >= 11 is 0. The first-order valence-electron chi connectivity index (χ1n) is 5.78. The van der Waals surface area contributed by atoms with Crippen LogP contribution in [0, 0.1) is 5.92 Å². The number of carbonyl (C=O) groups excluding carboxylic acids is 1. The van der Waals surface area contributed by atoms with Gasteiger partial charge in [-0.3, -0.25) is 9.69 Å². The highest BCUT2D eigenvalue weighted by atomic mass is 16.3. The molecule has 0 amide bonds. The van der Waals surface area contributed by atoms with Gasteiger partial charge in [-0.05, 0) is 25.2 Å². The van der Waals surface area contributed by atoms with E-state index in [-0.39, 0.29) is 6.61 Å². The van der Waals surface area contributed by atoms with Crippen LogP contribution in [0.25, 0.3) is 0 Å². The van der Waals surface area contributed by atoms with E-state index in [1.165, 1.54) is 0 Å². The molecule has 4 nitrogen and oxygen atoms in total. The van der Waals surface area contributed by atoms with Gasteiger partial charge in [0.15, 0.2) is 0 Å². The molecule has 0 aromatic carbocycles. The van der Waals surface area contributed by atoms with Crippen LogP contribution in [0.3, 0.4) is 0 Å². The van der Waals surface area contributed by atoms with Crippen LogP contribution in [0.5, 0.6) is 0 Å². The maximum Gasteiger partial charge on any atom is 0.133 e. The zero-order valence-corrected chi connectivity index (χ0v) is 8.93. The molecule has 4 heteroatoms. The molecular formula is C11H19NO3. The zero-order valence-electron chi connectivity index (χ0n) is 8.93. The molecular weight excluding hydrogens is 194 g/mol. The minimum absolute atomic E-state index is 0.211. The Labute approximate surface area is 89.9 Å². The number of aliphatic hydroxyl groups excluding tert-OH is 2. The Kier molecular flexibility index (Phi) is 3.38. The van der Waals surface area contributed by atoms with E-state index in [4.69, 9.17) is 5.11 Å². The van der Waals surface area contributed by atoms with Crippen molar-refractivity contribution in [3.05, 3.63) is 0 Å². The van der Waals surface area contributed by atoms with Crippen molar-refractivity contribution in [2.75, 3.05) is 13.2 Å². The van der Waals surface area contributed by atoms with Gasteiger partial charge < -0.3 is 10.2 Å². The van der Waals surface area contributed by atoms with Crippen LogP contribution in [0.1, 0.15) is 32.1 Å². The monoisotopic (exact) mass is 213 g/mol. The van der Waals surface area contributed by atoms with Crippen molar-refractivity contribution in [3.63, 3.8) is 0 Å². The molecule has 15 heavy (non-hydrogen) atoms. The van der Waals surface area contributed by atoms with Gasteiger partial charge in [-0.2, -0.15) is 0 Å². The molecule has 0 bridgehead atoms. The Hall–Kier alpha value is -0.450. The van der Waals surface area contributed by atoms with E-state index >= 15 is 0 Å². The lowest BCUT2D eigenvalue weighted by molar-refractivity contribution is -0.130. The molecule has 1 saturated carbocycles. The molecule has 2 rings (SSSR count). The molecule has 2 fully saturated rings. The van der Waals surface area contributed by atoms with Crippen LogP contribution >= 0.6 is 0 Å². The minimum Gasteiger partial charge on any atom is -0.392 e. The van der Waals surface area contributed by atoms with Crippen LogP contribution in [0.4, 0.5) is 0 Å². The summed E-state index contributed by atoms with van der Waals surface area (Å²) in [5, 5.41) is 18.6. The van der Waals surface area contributed by atoms with Crippen molar-refractivity contribution < 1.29 is 15.0 Å². The Morgan fingerprint density at radius 2 is 2.27 bits per heavy atom. The van der Waals surface area contributed by atoms with Gasteiger partial charge in [0.2, 0.25) is 0 Å². The van der Waals surface area contributed by atoms with E-state index in [0.717, 1.165) is 25.8 Å². The van der Waals surface area contributed by atoms with E-state index < -0.39 is 6.23 Å². The van der Waals surface area contributed by atoms with E-state index in [2.05, 4.69) is 0 Å². The third kappa shape index (κ3) is 2.22. The molecule has 0 radical (unpaired) electrons. The number of Topliss-reactive ketones (excluding diaryl/α,β-unsaturated/α-hetero) is 1. The normalized spacial score (nSPS) is 34.9. The predicted molar refractivity (Wildman–Crippen MR) is 55.2 cm³/mol. The minimum atomic E-state index is -0.744. The molecule has 0 aromatic heterocycles. The maximum atomic E-state index is 11.3. The van der Waals surface area contributed by atoms with Crippen LogP contribution in [0.2, 0.25) is 0 Å². The number of fused-ring (bicyclic) bond motifs is 1. The molecule has 2 N–H and O–H groups in total. The van der Waals surface area contributed by atoms with Gasteiger partial charge in [0.25, 0.3) is 0 Å². The molecule has 86 valence electrons. The predicted octanol–water partition coefficient (Wildman–Crippen LogP) is 0.131. The number of hydrogen-bond donors (Lipinski definition) is 2. The quantitative estimate of drug-likeness (QED) is 0.684. The summed E-state index contributed by atoms with van der Waals surface area (Å²) in [6.07, 6.45) is 3.51. The second-order valence-corrected chi connectivity index (χ2v) is 4.65. The standard InChI is InChI=1S/C11H19NO3/c13-7-11(15)12-5-1-2-8-6-9(14)3-4-10(8)12/h8,10-11,13,15H,1-7H2. The van der Waals surface area contributed by atoms with E-state index in [0.29, 0.717) is 30.6 Å². The summed E-state index contributed by atoms with van der Waals surface area (Å²) in [5.41, 5.74) is 0. The summed E-state index contributed by atoms with van der Waals surface area (Å²) in [4.78, 5) is 13.3. The van der Waals surface area contributed by atoms with Gasteiger partial charge in [0, 0.05) is 25.4 Å². The maximum absolute atomic E-state index is 11.3. The third-order valence-electron chi connectivity index (χ3n) is 3.72. The molecule has 3 atom stereocenters. The number of carbonyl (C=O) groups is 1. The van der Waals surface area contributed by atoms with Crippen molar-refractivity contribution in [1.29, 1.82) is 0 Å². The molecule has 1 saturated heterocycles. The zero-order chi connectivity index (χ0) is 10.8. The molecule has 0 aromatic rings. The molecule has 1 aliphatic carbocycles. The average Bonchev–Trinajstić information content (AvgIpc) is 2.26. The Morgan fingerprint density at radius 1 is 1.47 bits per heavy atom. The van der Waals surface area contributed by atoms with Crippen molar-refractivity contribution >= 4 is 5.78 Å². The van der Waals surface area contributed by atoms with E-state index in [1.54, 1.807) is 0 Å². The highest BCUT2D eigenvalue weighted by Gasteiger charge is 2.38. The number of rotatable bonds is 2. The number of aliphatic hydroxyl groups is 2. The van der Waals surface area contributed by atoms with Crippen molar-refractivity contribution in [2.45, 2.75) is 44.4 Å². The summed E-state index contributed by atoms with van der Waals surface area (Å²) in [7, 11) is 0. The molecule has 1 heterocycles. The molecule has 2 aliphatic rings. The number of ketones is 1. The van der Waals surface area contributed by atoms with Gasteiger partial charge in [0.1, 0.15) is 12.0 Å². The van der Waals surface area contributed by atoms with Crippen LogP contribution in [-0.4, -0.2) is 46.3 Å². The molecule has 0 spiro atoms. The number of piperidine rings is 1. The first-order chi connectivity index (χ1) is 7.22. The van der Waals surface area contributed by atoms with Crippen molar-refractivity contribution in [1.82, 2.24) is 4.90 Å². The van der Waals surface area contributed by atoms with Crippen molar-refractivity contribution in [2.24, 2.45) is 5.92 Å². The van der Waals surface area contributed by atoms with Crippen LogP contribution in [0.15, 0.2) is 0 Å². The second-order valence-electron chi connectivity index (χ2n) is 4.65. The average molecular weight is 213 g/mol. The van der Waals surface area contributed by atoms with Gasteiger partial charge in [0.05, 0.1) is 6.61 Å². The number of hydrogen-bond acceptors (Lipinski definition) is 4. The first kappa shape index (κ1) is 11.0. The van der Waals surface area contributed by atoms with Crippen LogP contribution in [-0.2, 0) is 4.79 Å². The third-order valence-corrected chi connectivity index (χ3v) is 3.72. The van der Waals surface area contributed by atoms with E-state index in [1.807, 2.05) is 4.90 Å².